The molecule has 0 aliphatic carbocycles. The van der Waals surface area contributed by atoms with Gasteiger partial charge in [0.15, 0.2) is 0 Å². The number of hydrogen-bond acceptors (Lipinski definition) is 5. The predicted octanol–water partition coefficient (Wildman–Crippen LogP) is 1.44. The topological polar surface area (TPSA) is 63.1 Å². The van der Waals surface area contributed by atoms with Gasteiger partial charge in [-0.15, -0.1) is 11.3 Å². The van der Waals surface area contributed by atoms with Crippen LogP contribution in [0.1, 0.15) is 27.5 Å². The molecule has 3 rings (SSSR count). The maximum absolute atomic E-state index is 12.4. The van der Waals surface area contributed by atoms with Crippen molar-refractivity contribution >= 4 is 17.2 Å². The van der Waals surface area contributed by atoms with Crippen LogP contribution in [0.2, 0.25) is 0 Å². The summed E-state index contributed by atoms with van der Waals surface area (Å²) >= 11 is 1.62. The van der Waals surface area contributed by atoms with Crippen molar-refractivity contribution in [3.8, 4) is 0 Å². The highest BCUT2D eigenvalue weighted by atomic mass is 32.1. The van der Waals surface area contributed by atoms with Gasteiger partial charge in [-0.1, -0.05) is 0 Å². The number of carbonyl (C=O) groups is 1. The Hall–Kier alpha value is -1.73. The number of thiazole rings is 1. The zero-order valence-electron chi connectivity index (χ0n) is 13.7. The Morgan fingerprint density at radius 3 is 3.13 bits per heavy atom. The fourth-order valence-corrected chi connectivity index (χ4v) is 3.74. The monoisotopic (exact) mass is 333 g/mol. The summed E-state index contributed by atoms with van der Waals surface area (Å²) in [6, 6.07) is 0. The first-order valence-corrected chi connectivity index (χ1v) is 8.87. The number of nitrogens with zero attached hydrogens (tertiary/aromatic N) is 4. The Morgan fingerprint density at radius 2 is 2.39 bits per heavy atom. The molecule has 0 unspecified atom stereocenters. The molecule has 0 aromatic carbocycles. The third kappa shape index (κ3) is 3.97. The van der Waals surface area contributed by atoms with Gasteiger partial charge in [0.05, 0.1) is 22.5 Å². The number of carbonyl (C=O) groups excluding carboxylic acids is 1. The lowest BCUT2D eigenvalue weighted by Crippen LogP contribution is -2.31. The van der Waals surface area contributed by atoms with Crippen LogP contribution in [0.25, 0.3) is 0 Å². The van der Waals surface area contributed by atoms with Gasteiger partial charge in [-0.25, -0.2) is 4.98 Å². The SMILES string of the molecule is CN(C)C[C@@H]1CCn2ncc(C(=O)NCCc3nccs3)c2C1. The van der Waals surface area contributed by atoms with E-state index in [2.05, 4.69) is 34.4 Å². The Bertz CT molecular complexity index is 649. The Kier molecular flexibility index (Phi) is 5.07. The molecular formula is C16H23N5OS. The fourth-order valence-electron chi connectivity index (χ4n) is 3.12. The molecule has 0 saturated carbocycles. The molecule has 2 aromatic rings. The molecule has 6 nitrogen and oxygen atoms in total. The van der Waals surface area contributed by atoms with Gasteiger partial charge in [-0.3, -0.25) is 9.48 Å². The first kappa shape index (κ1) is 16.1. The van der Waals surface area contributed by atoms with E-state index in [1.807, 2.05) is 10.1 Å². The van der Waals surface area contributed by atoms with E-state index in [4.69, 9.17) is 0 Å². The van der Waals surface area contributed by atoms with Crippen molar-refractivity contribution in [2.45, 2.75) is 25.8 Å². The molecule has 1 aliphatic heterocycles. The summed E-state index contributed by atoms with van der Waals surface area (Å²) in [5.41, 5.74) is 1.81. The molecular weight excluding hydrogens is 310 g/mol. The predicted molar refractivity (Wildman–Crippen MR) is 90.7 cm³/mol. The van der Waals surface area contributed by atoms with E-state index in [-0.39, 0.29) is 5.91 Å². The first-order valence-electron chi connectivity index (χ1n) is 7.99. The number of nitrogens with one attached hydrogen (secondary N) is 1. The highest BCUT2D eigenvalue weighted by Crippen LogP contribution is 2.23. The van der Waals surface area contributed by atoms with E-state index in [1.165, 1.54) is 0 Å². The Morgan fingerprint density at radius 1 is 1.52 bits per heavy atom. The molecule has 1 N–H and O–H groups in total. The lowest BCUT2D eigenvalue weighted by atomic mass is 9.94. The minimum absolute atomic E-state index is 0.0201. The summed E-state index contributed by atoms with van der Waals surface area (Å²) in [6.07, 6.45) is 6.33. The first-order chi connectivity index (χ1) is 11.1. The standard InChI is InChI=1S/C16H23N5OS/c1-20(2)11-12-4-7-21-14(9-12)13(10-19-21)16(22)18-5-3-15-17-6-8-23-15/h6,8,10,12H,3-5,7,9,11H2,1-2H3,(H,18,22)/t12-/m1/s1. The van der Waals surface area contributed by atoms with Crippen LogP contribution in [0, 0.1) is 5.92 Å². The summed E-state index contributed by atoms with van der Waals surface area (Å²) in [5, 5.41) is 10.4. The maximum Gasteiger partial charge on any atom is 0.254 e. The summed E-state index contributed by atoms with van der Waals surface area (Å²) in [5.74, 6) is 0.573. The van der Waals surface area contributed by atoms with Crippen molar-refractivity contribution in [3.05, 3.63) is 34.0 Å². The van der Waals surface area contributed by atoms with E-state index >= 15 is 0 Å². The summed E-state index contributed by atoms with van der Waals surface area (Å²) < 4.78 is 1.99. The Balaban J connectivity index is 1.60. The van der Waals surface area contributed by atoms with Crippen molar-refractivity contribution in [2.24, 2.45) is 5.92 Å². The molecule has 3 heterocycles. The van der Waals surface area contributed by atoms with Gasteiger partial charge in [-0.05, 0) is 32.9 Å². The van der Waals surface area contributed by atoms with Crippen LogP contribution >= 0.6 is 11.3 Å². The fraction of sp³-hybridized carbons (Fsp3) is 0.562. The van der Waals surface area contributed by atoms with Gasteiger partial charge >= 0.3 is 0 Å². The number of aryl methyl sites for hydroxylation is 1. The van der Waals surface area contributed by atoms with Gasteiger partial charge in [-0.2, -0.15) is 5.10 Å². The average molecular weight is 333 g/mol. The van der Waals surface area contributed by atoms with Crippen LogP contribution in [-0.2, 0) is 19.4 Å². The van der Waals surface area contributed by atoms with Crippen LogP contribution in [0.5, 0.6) is 0 Å². The molecule has 1 atom stereocenters. The average Bonchev–Trinajstić information content (AvgIpc) is 3.15. The maximum atomic E-state index is 12.4. The lowest BCUT2D eigenvalue weighted by molar-refractivity contribution is 0.0952. The van der Waals surface area contributed by atoms with Gasteiger partial charge in [0.25, 0.3) is 5.91 Å². The van der Waals surface area contributed by atoms with Crippen molar-refractivity contribution < 1.29 is 4.79 Å². The smallest absolute Gasteiger partial charge is 0.254 e. The summed E-state index contributed by atoms with van der Waals surface area (Å²) in [6.45, 7) is 2.56. The normalized spacial score (nSPS) is 17.3. The van der Waals surface area contributed by atoms with Crippen LogP contribution in [-0.4, -0.2) is 52.8 Å². The van der Waals surface area contributed by atoms with Crippen LogP contribution < -0.4 is 5.32 Å². The van der Waals surface area contributed by atoms with Crippen LogP contribution in [0.3, 0.4) is 0 Å². The second-order valence-corrected chi connectivity index (χ2v) is 7.26. The molecule has 2 aromatic heterocycles. The van der Waals surface area contributed by atoms with Gasteiger partial charge in [0.1, 0.15) is 0 Å². The quantitative estimate of drug-likeness (QED) is 0.869. The second kappa shape index (κ2) is 7.23. The highest BCUT2D eigenvalue weighted by Gasteiger charge is 2.25. The largest absolute Gasteiger partial charge is 0.352 e. The minimum Gasteiger partial charge on any atom is -0.352 e. The summed E-state index contributed by atoms with van der Waals surface area (Å²) in [7, 11) is 4.19. The number of aromatic nitrogens is 3. The van der Waals surface area contributed by atoms with E-state index in [0.717, 1.165) is 48.6 Å². The van der Waals surface area contributed by atoms with Crippen LogP contribution in [0.15, 0.2) is 17.8 Å². The molecule has 23 heavy (non-hydrogen) atoms. The van der Waals surface area contributed by atoms with E-state index < -0.39 is 0 Å². The zero-order valence-corrected chi connectivity index (χ0v) is 14.5. The second-order valence-electron chi connectivity index (χ2n) is 6.28. The van der Waals surface area contributed by atoms with E-state index in [9.17, 15) is 4.79 Å². The van der Waals surface area contributed by atoms with Crippen molar-refractivity contribution in [1.82, 2.24) is 25.0 Å². The number of fused-ring (bicyclic) bond motifs is 1. The van der Waals surface area contributed by atoms with E-state index in [1.54, 1.807) is 23.7 Å². The molecule has 0 fully saturated rings. The zero-order chi connectivity index (χ0) is 16.2. The van der Waals surface area contributed by atoms with Crippen LogP contribution in [0.4, 0.5) is 0 Å². The van der Waals surface area contributed by atoms with Crippen molar-refractivity contribution in [2.75, 3.05) is 27.2 Å². The highest BCUT2D eigenvalue weighted by molar-refractivity contribution is 7.09. The van der Waals surface area contributed by atoms with Crippen molar-refractivity contribution in [1.29, 1.82) is 0 Å². The molecule has 1 aliphatic rings. The lowest BCUT2D eigenvalue weighted by Gasteiger charge is -2.26. The molecule has 0 saturated heterocycles. The molecule has 1 amide bonds. The molecule has 0 spiro atoms. The number of rotatable bonds is 6. The van der Waals surface area contributed by atoms with Gasteiger partial charge in [0.2, 0.25) is 0 Å². The molecule has 0 radical (unpaired) electrons. The van der Waals surface area contributed by atoms with E-state index in [0.29, 0.717) is 12.5 Å². The molecule has 7 heteroatoms. The third-order valence-corrected chi connectivity index (χ3v) is 5.00. The molecule has 124 valence electrons. The Labute approximate surface area is 140 Å². The summed E-state index contributed by atoms with van der Waals surface area (Å²) in [4.78, 5) is 18.9. The third-order valence-electron chi connectivity index (χ3n) is 4.16. The van der Waals surface area contributed by atoms with Gasteiger partial charge < -0.3 is 10.2 Å². The van der Waals surface area contributed by atoms with Crippen molar-refractivity contribution in [3.63, 3.8) is 0 Å². The molecule has 0 bridgehead atoms. The van der Waals surface area contributed by atoms with Gasteiger partial charge in [0, 0.05) is 37.6 Å². The minimum atomic E-state index is -0.0201. The number of amides is 1. The number of hydrogen-bond donors (Lipinski definition) is 1.